The number of hydrazine groups is 1. The van der Waals surface area contributed by atoms with Gasteiger partial charge in [-0.2, -0.15) is 0 Å². The highest BCUT2D eigenvalue weighted by atomic mass is 79.9. The van der Waals surface area contributed by atoms with Crippen LogP contribution in [0.2, 0.25) is 0 Å². The third-order valence-electron chi connectivity index (χ3n) is 3.66. The molecule has 8 heteroatoms. The minimum Gasteiger partial charge on any atom is -0.307 e. The maximum Gasteiger partial charge on any atom is 0.244 e. The van der Waals surface area contributed by atoms with E-state index < -0.39 is 10.0 Å². The van der Waals surface area contributed by atoms with Crippen LogP contribution in [0.3, 0.4) is 0 Å². The molecule has 1 aromatic heterocycles. The third kappa shape index (κ3) is 3.49. The van der Waals surface area contributed by atoms with Gasteiger partial charge < -0.3 is 5.43 Å². The van der Waals surface area contributed by atoms with Gasteiger partial charge in [0.1, 0.15) is 4.90 Å². The van der Waals surface area contributed by atoms with Crippen LogP contribution in [-0.2, 0) is 10.0 Å². The topological polar surface area (TPSA) is 97.1 Å². The van der Waals surface area contributed by atoms with Gasteiger partial charge in [-0.3, -0.25) is 0 Å². The van der Waals surface area contributed by atoms with Crippen LogP contribution in [-0.4, -0.2) is 19.4 Å². The Morgan fingerprint density at radius 3 is 2.75 bits per heavy atom. The van der Waals surface area contributed by atoms with Gasteiger partial charge in [-0.15, -0.1) is 0 Å². The first-order chi connectivity index (χ1) is 9.44. The number of hydrogen-bond acceptors (Lipinski definition) is 5. The van der Waals surface area contributed by atoms with Crippen LogP contribution >= 0.6 is 15.9 Å². The van der Waals surface area contributed by atoms with Crippen LogP contribution in [0.4, 0.5) is 5.82 Å². The molecule has 0 spiro atoms. The van der Waals surface area contributed by atoms with Gasteiger partial charge in [0.25, 0.3) is 0 Å². The number of halogens is 1. The van der Waals surface area contributed by atoms with Crippen molar-refractivity contribution in [3.05, 3.63) is 16.7 Å². The first kappa shape index (κ1) is 15.7. The van der Waals surface area contributed by atoms with E-state index in [-0.39, 0.29) is 16.8 Å². The van der Waals surface area contributed by atoms with Gasteiger partial charge in [0.05, 0.1) is 0 Å². The van der Waals surface area contributed by atoms with Crippen molar-refractivity contribution in [2.45, 2.75) is 43.5 Å². The molecule has 20 heavy (non-hydrogen) atoms. The van der Waals surface area contributed by atoms with Crippen molar-refractivity contribution in [1.29, 1.82) is 0 Å². The molecule has 1 aliphatic rings. The standard InChI is InChI=1S/C12H19BrN4O2S/c1-8-4-2-3-5-10(8)17-20(18,19)11-6-9(13)7-15-12(11)16-14/h6-8,10,17H,2-5,14H2,1H3,(H,15,16). The quantitative estimate of drug-likeness (QED) is 0.562. The van der Waals surface area contributed by atoms with Gasteiger partial charge in [-0.05, 0) is 40.8 Å². The number of nitrogens with one attached hydrogen (secondary N) is 2. The maximum absolute atomic E-state index is 12.5. The lowest BCUT2D eigenvalue weighted by Gasteiger charge is -2.29. The number of anilines is 1. The van der Waals surface area contributed by atoms with Gasteiger partial charge in [0.15, 0.2) is 5.82 Å². The van der Waals surface area contributed by atoms with Crippen molar-refractivity contribution < 1.29 is 8.42 Å². The summed E-state index contributed by atoms with van der Waals surface area (Å²) >= 11 is 3.23. The summed E-state index contributed by atoms with van der Waals surface area (Å²) in [5, 5.41) is 0. The van der Waals surface area contributed by atoms with Gasteiger partial charge >= 0.3 is 0 Å². The Bertz CT molecular complexity index is 579. The molecule has 6 nitrogen and oxygen atoms in total. The molecule has 1 heterocycles. The molecule has 112 valence electrons. The zero-order valence-corrected chi connectivity index (χ0v) is 13.7. The Labute approximate surface area is 127 Å². The van der Waals surface area contributed by atoms with E-state index in [1.165, 1.54) is 12.3 Å². The Morgan fingerprint density at radius 2 is 2.10 bits per heavy atom. The molecule has 1 aromatic rings. The zero-order valence-electron chi connectivity index (χ0n) is 11.3. The number of sulfonamides is 1. The summed E-state index contributed by atoms with van der Waals surface area (Å²) in [5.41, 5.74) is 2.33. The summed E-state index contributed by atoms with van der Waals surface area (Å²) < 4.78 is 28.4. The molecule has 1 aliphatic carbocycles. The van der Waals surface area contributed by atoms with Crippen molar-refractivity contribution in [1.82, 2.24) is 9.71 Å². The summed E-state index contributed by atoms with van der Waals surface area (Å²) in [4.78, 5) is 4.04. The normalized spacial score (nSPS) is 23.6. The van der Waals surface area contributed by atoms with Gasteiger partial charge in [0, 0.05) is 16.7 Å². The van der Waals surface area contributed by atoms with E-state index in [1.54, 1.807) is 0 Å². The molecular weight excluding hydrogens is 344 g/mol. The van der Waals surface area contributed by atoms with Crippen molar-refractivity contribution in [2.24, 2.45) is 11.8 Å². The number of nitrogens with zero attached hydrogens (tertiary/aromatic N) is 1. The first-order valence-electron chi connectivity index (χ1n) is 6.58. The van der Waals surface area contributed by atoms with Crippen molar-refractivity contribution >= 4 is 31.8 Å². The SMILES string of the molecule is CC1CCCCC1NS(=O)(=O)c1cc(Br)cnc1NN. The van der Waals surface area contributed by atoms with E-state index >= 15 is 0 Å². The molecule has 2 atom stereocenters. The lowest BCUT2D eigenvalue weighted by atomic mass is 9.87. The Kier molecular flexibility index (Phi) is 5.00. The smallest absolute Gasteiger partial charge is 0.244 e. The van der Waals surface area contributed by atoms with Crippen LogP contribution < -0.4 is 16.0 Å². The molecule has 0 radical (unpaired) electrons. The predicted molar refractivity (Wildman–Crippen MR) is 81.5 cm³/mol. The molecule has 4 N–H and O–H groups in total. The molecular formula is C12H19BrN4O2S. The van der Waals surface area contributed by atoms with Gasteiger partial charge in [-0.25, -0.2) is 24.0 Å². The number of nitrogens with two attached hydrogens (primary N) is 1. The molecule has 1 saturated carbocycles. The average molecular weight is 363 g/mol. The lowest BCUT2D eigenvalue weighted by Crippen LogP contribution is -2.41. The van der Waals surface area contributed by atoms with Gasteiger partial charge in [-0.1, -0.05) is 19.8 Å². The van der Waals surface area contributed by atoms with Crippen LogP contribution in [0.15, 0.2) is 21.6 Å². The van der Waals surface area contributed by atoms with E-state index in [4.69, 9.17) is 5.84 Å². The number of nitrogen functional groups attached to an aromatic ring is 1. The Hall–Kier alpha value is -0.700. The number of hydrogen-bond donors (Lipinski definition) is 3. The van der Waals surface area contributed by atoms with E-state index in [1.807, 2.05) is 0 Å². The van der Waals surface area contributed by atoms with Gasteiger partial charge in [0.2, 0.25) is 10.0 Å². The molecule has 0 aliphatic heterocycles. The molecule has 0 aromatic carbocycles. The highest BCUT2D eigenvalue weighted by Crippen LogP contribution is 2.27. The predicted octanol–water partition coefficient (Wildman–Crippen LogP) is 1.99. The van der Waals surface area contributed by atoms with Crippen molar-refractivity contribution in [2.75, 3.05) is 5.43 Å². The highest BCUT2D eigenvalue weighted by molar-refractivity contribution is 9.10. The third-order valence-corrected chi connectivity index (χ3v) is 5.60. The van der Waals surface area contributed by atoms with Crippen LogP contribution in [0.1, 0.15) is 32.6 Å². The van der Waals surface area contributed by atoms with E-state index in [9.17, 15) is 8.42 Å². The lowest BCUT2D eigenvalue weighted by molar-refractivity contribution is 0.310. The monoisotopic (exact) mass is 362 g/mol. The summed E-state index contributed by atoms with van der Waals surface area (Å²) in [5.74, 6) is 5.82. The molecule has 0 amide bonds. The molecule has 2 rings (SSSR count). The second-order valence-electron chi connectivity index (χ2n) is 5.13. The molecule has 1 fully saturated rings. The summed E-state index contributed by atoms with van der Waals surface area (Å²) in [6, 6.07) is 1.47. The molecule has 0 saturated heterocycles. The summed E-state index contributed by atoms with van der Waals surface area (Å²) in [6.45, 7) is 2.08. The molecule has 2 unspecified atom stereocenters. The fraction of sp³-hybridized carbons (Fsp3) is 0.583. The number of rotatable bonds is 4. The van der Waals surface area contributed by atoms with Crippen LogP contribution in [0.25, 0.3) is 0 Å². The van der Waals surface area contributed by atoms with E-state index in [2.05, 4.69) is 38.0 Å². The van der Waals surface area contributed by atoms with Crippen LogP contribution in [0, 0.1) is 5.92 Å². The minimum atomic E-state index is -3.64. The van der Waals surface area contributed by atoms with E-state index in [0.717, 1.165) is 25.7 Å². The second-order valence-corrected chi connectivity index (χ2v) is 7.73. The maximum atomic E-state index is 12.5. The van der Waals surface area contributed by atoms with Crippen LogP contribution in [0.5, 0.6) is 0 Å². The zero-order chi connectivity index (χ0) is 14.8. The Morgan fingerprint density at radius 1 is 1.40 bits per heavy atom. The summed E-state index contributed by atoms with van der Waals surface area (Å²) in [7, 11) is -3.64. The fourth-order valence-corrected chi connectivity index (χ4v) is 4.49. The van der Waals surface area contributed by atoms with E-state index in [0.29, 0.717) is 10.4 Å². The van der Waals surface area contributed by atoms with Crippen molar-refractivity contribution in [3.8, 4) is 0 Å². The minimum absolute atomic E-state index is 0.0293. The average Bonchev–Trinajstić information content (AvgIpc) is 2.41. The first-order valence-corrected chi connectivity index (χ1v) is 8.86. The van der Waals surface area contributed by atoms with Crippen molar-refractivity contribution in [3.63, 3.8) is 0 Å². The fourth-order valence-electron chi connectivity index (χ4n) is 2.49. The second kappa shape index (κ2) is 6.38. The number of aromatic nitrogens is 1. The highest BCUT2D eigenvalue weighted by Gasteiger charge is 2.28. The summed E-state index contributed by atoms with van der Waals surface area (Å²) in [6.07, 6.45) is 5.63. The molecule has 0 bridgehead atoms. The number of pyridine rings is 1. The largest absolute Gasteiger partial charge is 0.307 e. The Balaban J connectivity index is 2.28.